The summed E-state index contributed by atoms with van der Waals surface area (Å²) < 4.78 is 0.653. The van der Waals surface area contributed by atoms with E-state index in [9.17, 15) is 0 Å². The van der Waals surface area contributed by atoms with Crippen LogP contribution in [-0.4, -0.2) is 23.2 Å². The van der Waals surface area contributed by atoms with E-state index >= 15 is 0 Å². The summed E-state index contributed by atoms with van der Waals surface area (Å²) in [7, 11) is 0. The van der Waals surface area contributed by atoms with Crippen LogP contribution in [-0.2, 0) is 0 Å². The number of thiazole rings is 1. The van der Waals surface area contributed by atoms with E-state index < -0.39 is 0 Å². The van der Waals surface area contributed by atoms with E-state index in [0.717, 1.165) is 5.13 Å². The molecule has 0 aliphatic carbocycles. The fraction of sp³-hybridized carbons (Fsp3) is 0.400. The SMILES string of the molecule is OCCNc1ncc(Cl)s1. The predicted molar refractivity (Wildman–Crippen MR) is 42.7 cm³/mol. The number of nitrogens with zero attached hydrogens (tertiary/aromatic N) is 1. The minimum Gasteiger partial charge on any atom is -0.395 e. The summed E-state index contributed by atoms with van der Waals surface area (Å²) in [6.45, 7) is 0.626. The summed E-state index contributed by atoms with van der Waals surface area (Å²) in [5, 5.41) is 12.1. The zero-order chi connectivity index (χ0) is 7.40. The van der Waals surface area contributed by atoms with Gasteiger partial charge >= 0.3 is 0 Å². The van der Waals surface area contributed by atoms with E-state index in [2.05, 4.69) is 10.3 Å². The molecule has 0 unspecified atom stereocenters. The van der Waals surface area contributed by atoms with Gasteiger partial charge in [-0.05, 0) is 0 Å². The van der Waals surface area contributed by atoms with Gasteiger partial charge in [0.05, 0.1) is 12.8 Å². The lowest BCUT2D eigenvalue weighted by Crippen LogP contribution is -2.04. The van der Waals surface area contributed by atoms with Crippen molar-refractivity contribution in [3.05, 3.63) is 10.5 Å². The van der Waals surface area contributed by atoms with Crippen molar-refractivity contribution in [3.63, 3.8) is 0 Å². The number of aliphatic hydroxyl groups is 1. The molecule has 3 nitrogen and oxygen atoms in total. The van der Waals surface area contributed by atoms with Crippen LogP contribution in [0.4, 0.5) is 5.13 Å². The van der Waals surface area contributed by atoms with E-state index in [-0.39, 0.29) is 6.61 Å². The highest BCUT2D eigenvalue weighted by molar-refractivity contribution is 7.19. The Hall–Kier alpha value is -0.320. The third-order valence-corrected chi connectivity index (χ3v) is 1.94. The number of hydrogen-bond donors (Lipinski definition) is 2. The number of nitrogens with one attached hydrogen (secondary N) is 1. The second kappa shape index (κ2) is 3.75. The zero-order valence-corrected chi connectivity index (χ0v) is 6.74. The average molecular weight is 179 g/mol. The summed E-state index contributed by atoms with van der Waals surface area (Å²) in [6, 6.07) is 0. The smallest absolute Gasteiger partial charge is 0.184 e. The molecule has 0 saturated heterocycles. The molecular formula is C5H7ClN2OS. The molecule has 10 heavy (non-hydrogen) atoms. The normalized spacial score (nSPS) is 9.80. The first kappa shape index (κ1) is 7.78. The molecule has 1 heterocycles. The van der Waals surface area contributed by atoms with Crippen molar-refractivity contribution >= 4 is 28.1 Å². The highest BCUT2D eigenvalue weighted by Crippen LogP contribution is 2.21. The van der Waals surface area contributed by atoms with Crippen molar-refractivity contribution in [1.29, 1.82) is 0 Å². The second-order valence-electron chi connectivity index (χ2n) is 1.62. The summed E-state index contributed by atoms with van der Waals surface area (Å²) in [5.41, 5.74) is 0. The van der Waals surface area contributed by atoms with Crippen LogP contribution in [0.2, 0.25) is 4.34 Å². The number of aromatic nitrogens is 1. The maximum Gasteiger partial charge on any atom is 0.184 e. The van der Waals surface area contributed by atoms with Gasteiger partial charge in [0.25, 0.3) is 0 Å². The molecule has 0 atom stereocenters. The standard InChI is InChI=1S/C5H7ClN2OS/c6-4-3-8-5(10-4)7-1-2-9/h3,9H,1-2H2,(H,7,8). The molecule has 0 amide bonds. The number of hydrogen-bond acceptors (Lipinski definition) is 4. The number of rotatable bonds is 3. The predicted octanol–water partition coefficient (Wildman–Crippen LogP) is 1.20. The van der Waals surface area contributed by atoms with E-state index in [0.29, 0.717) is 10.9 Å². The molecule has 1 aromatic heterocycles. The highest BCUT2D eigenvalue weighted by Gasteiger charge is 1.95. The van der Waals surface area contributed by atoms with Gasteiger partial charge in [-0.3, -0.25) is 0 Å². The van der Waals surface area contributed by atoms with Crippen molar-refractivity contribution < 1.29 is 5.11 Å². The summed E-state index contributed by atoms with van der Waals surface area (Å²) in [6.07, 6.45) is 1.58. The molecule has 0 spiro atoms. The first-order chi connectivity index (χ1) is 4.83. The fourth-order valence-electron chi connectivity index (χ4n) is 0.499. The highest BCUT2D eigenvalue weighted by atomic mass is 35.5. The third-order valence-electron chi connectivity index (χ3n) is 0.866. The Morgan fingerprint density at radius 2 is 2.60 bits per heavy atom. The van der Waals surface area contributed by atoms with Crippen LogP contribution >= 0.6 is 22.9 Å². The molecule has 0 radical (unpaired) electrons. The number of aliphatic hydroxyl groups excluding tert-OH is 1. The van der Waals surface area contributed by atoms with Crippen LogP contribution in [0, 0.1) is 0 Å². The van der Waals surface area contributed by atoms with Gasteiger partial charge in [-0.2, -0.15) is 0 Å². The van der Waals surface area contributed by atoms with Crippen LogP contribution in [0.3, 0.4) is 0 Å². The maximum absolute atomic E-state index is 8.42. The van der Waals surface area contributed by atoms with Crippen molar-refractivity contribution in [2.75, 3.05) is 18.5 Å². The van der Waals surface area contributed by atoms with Crippen molar-refractivity contribution in [3.8, 4) is 0 Å². The fourth-order valence-corrected chi connectivity index (χ4v) is 1.34. The van der Waals surface area contributed by atoms with Gasteiger partial charge in [0, 0.05) is 6.54 Å². The molecule has 5 heteroatoms. The zero-order valence-electron chi connectivity index (χ0n) is 5.17. The molecule has 2 N–H and O–H groups in total. The largest absolute Gasteiger partial charge is 0.395 e. The topological polar surface area (TPSA) is 45.1 Å². The van der Waals surface area contributed by atoms with E-state index in [4.69, 9.17) is 16.7 Å². The van der Waals surface area contributed by atoms with Crippen molar-refractivity contribution in [2.45, 2.75) is 0 Å². The Bertz CT molecular complexity index is 203. The van der Waals surface area contributed by atoms with E-state index in [1.807, 2.05) is 0 Å². The summed E-state index contributed by atoms with van der Waals surface area (Å²) in [4.78, 5) is 3.92. The summed E-state index contributed by atoms with van der Waals surface area (Å²) in [5.74, 6) is 0. The van der Waals surface area contributed by atoms with Crippen LogP contribution in [0.5, 0.6) is 0 Å². The van der Waals surface area contributed by atoms with Crippen molar-refractivity contribution in [1.82, 2.24) is 4.98 Å². The van der Waals surface area contributed by atoms with Gasteiger partial charge in [0.1, 0.15) is 4.34 Å². The second-order valence-corrected chi connectivity index (χ2v) is 3.28. The molecule has 1 aromatic rings. The molecule has 0 bridgehead atoms. The minimum absolute atomic E-state index is 0.108. The quantitative estimate of drug-likeness (QED) is 0.731. The number of halogens is 1. The monoisotopic (exact) mass is 178 g/mol. The molecule has 0 aliphatic rings. The van der Waals surface area contributed by atoms with Gasteiger partial charge < -0.3 is 10.4 Å². The minimum atomic E-state index is 0.108. The average Bonchev–Trinajstić information content (AvgIpc) is 2.31. The Morgan fingerprint density at radius 1 is 1.80 bits per heavy atom. The molecule has 1 rings (SSSR count). The van der Waals surface area contributed by atoms with E-state index in [1.54, 1.807) is 6.20 Å². The Balaban J connectivity index is 2.42. The van der Waals surface area contributed by atoms with Crippen LogP contribution in [0.25, 0.3) is 0 Å². The molecule has 0 fully saturated rings. The lowest BCUT2D eigenvalue weighted by molar-refractivity contribution is 0.311. The molecule has 0 aliphatic heterocycles. The first-order valence-electron chi connectivity index (χ1n) is 2.79. The lowest BCUT2D eigenvalue weighted by Gasteiger charge is -1.95. The Kier molecular flexibility index (Phi) is 2.92. The third kappa shape index (κ3) is 2.13. The molecular weight excluding hydrogens is 172 g/mol. The van der Waals surface area contributed by atoms with Gasteiger partial charge in [0.2, 0.25) is 0 Å². The first-order valence-corrected chi connectivity index (χ1v) is 3.98. The van der Waals surface area contributed by atoms with Gasteiger partial charge in [-0.25, -0.2) is 4.98 Å². The molecule has 56 valence electrons. The Labute approximate surface area is 67.7 Å². The number of anilines is 1. The van der Waals surface area contributed by atoms with E-state index in [1.165, 1.54) is 11.3 Å². The van der Waals surface area contributed by atoms with Crippen LogP contribution in [0.1, 0.15) is 0 Å². The Morgan fingerprint density at radius 3 is 3.10 bits per heavy atom. The van der Waals surface area contributed by atoms with Gasteiger partial charge in [-0.1, -0.05) is 22.9 Å². The molecule has 0 saturated carbocycles. The van der Waals surface area contributed by atoms with Crippen molar-refractivity contribution in [2.24, 2.45) is 0 Å². The maximum atomic E-state index is 8.42. The van der Waals surface area contributed by atoms with Crippen LogP contribution < -0.4 is 5.32 Å². The van der Waals surface area contributed by atoms with Gasteiger partial charge in [-0.15, -0.1) is 0 Å². The lowest BCUT2D eigenvalue weighted by atomic mass is 10.7. The molecule has 0 aromatic carbocycles. The van der Waals surface area contributed by atoms with Gasteiger partial charge in [0.15, 0.2) is 5.13 Å². The summed E-state index contributed by atoms with van der Waals surface area (Å²) >= 11 is 6.95. The van der Waals surface area contributed by atoms with Crippen LogP contribution in [0.15, 0.2) is 6.20 Å².